The quantitative estimate of drug-likeness (QED) is 0.599. The molecular formula is C24H24N2O3. The largest absolute Gasteiger partial charge is 0.455 e. The Kier molecular flexibility index (Phi) is 7.11. The molecular weight excluding hydrogens is 364 g/mol. The van der Waals surface area contributed by atoms with Gasteiger partial charge in [0.1, 0.15) is 0 Å². The summed E-state index contributed by atoms with van der Waals surface area (Å²) in [5, 5.41) is 2.98. The summed E-state index contributed by atoms with van der Waals surface area (Å²) >= 11 is 0. The summed E-state index contributed by atoms with van der Waals surface area (Å²) in [6.45, 7) is 1.57. The van der Waals surface area contributed by atoms with Crippen LogP contribution in [0.3, 0.4) is 0 Å². The van der Waals surface area contributed by atoms with E-state index in [1.807, 2.05) is 79.7 Å². The number of pyridine rings is 1. The number of aromatic nitrogens is 1. The maximum Gasteiger partial charge on any atom is 0.310 e. The predicted molar refractivity (Wildman–Crippen MR) is 111 cm³/mol. The Balaban J connectivity index is 1.56. The van der Waals surface area contributed by atoms with Crippen molar-refractivity contribution in [1.82, 2.24) is 10.3 Å². The van der Waals surface area contributed by atoms with Gasteiger partial charge >= 0.3 is 5.97 Å². The lowest BCUT2D eigenvalue weighted by Crippen LogP contribution is -2.33. The van der Waals surface area contributed by atoms with Crippen LogP contribution in [-0.2, 0) is 27.2 Å². The number of nitrogens with zero attached hydrogens (tertiary/aromatic N) is 1. The van der Waals surface area contributed by atoms with Crippen molar-refractivity contribution in [2.24, 2.45) is 0 Å². The molecule has 29 heavy (non-hydrogen) atoms. The second-order valence-electron chi connectivity index (χ2n) is 6.87. The van der Waals surface area contributed by atoms with E-state index in [-0.39, 0.29) is 25.0 Å². The Morgan fingerprint density at radius 1 is 0.931 bits per heavy atom. The number of esters is 1. The summed E-state index contributed by atoms with van der Waals surface area (Å²) in [5.74, 6) is -0.782. The highest BCUT2D eigenvalue weighted by Crippen LogP contribution is 2.18. The number of hydrogen-bond donors (Lipinski definition) is 1. The zero-order chi connectivity index (χ0) is 20.5. The van der Waals surface area contributed by atoms with Crippen LogP contribution in [0.5, 0.6) is 0 Å². The molecule has 1 unspecified atom stereocenters. The third-order valence-electron chi connectivity index (χ3n) is 4.51. The van der Waals surface area contributed by atoms with Gasteiger partial charge in [0.05, 0.1) is 12.5 Å². The van der Waals surface area contributed by atoms with E-state index in [2.05, 4.69) is 10.3 Å². The van der Waals surface area contributed by atoms with Crippen LogP contribution in [-0.4, -0.2) is 23.5 Å². The van der Waals surface area contributed by atoms with E-state index >= 15 is 0 Å². The van der Waals surface area contributed by atoms with Crippen LogP contribution in [0.1, 0.15) is 28.4 Å². The van der Waals surface area contributed by atoms with E-state index in [1.54, 1.807) is 6.20 Å². The molecule has 1 heterocycles. The molecule has 0 aliphatic heterocycles. The van der Waals surface area contributed by atoms with E-state index in [0.29, 0.717) is 6.42 Å². The Morgan fingerprint density at radius 2 is 1.62 bits per heavy atom. The lowest BCUT2D eigenvalue weighted by atomic mass is 9.99. The number of hydrogen-bond acceptors (Lipinski definition) is 4. The number of rotatable bonds is 8. The molecule has 1 aromatic heterocycles. The third kappa shape index (κ3) is 6.57. The highest BCUT2D eigenvalue weighted by Gasteiger charge is 2.16. The van der Waals surface area contributed by atoms with Crippen LogP contribution in [0.2, 0.25) is 0 Å². The topological polar surface area (TPSA) is 68.3 Å². The fraction of sp³-hybridized carbons (Fsp3) is 0.208. The molecule has 0 aliphatic carbocycles. The first-order valence-electron chi connectivity index (χ1n) is 9.55. The van der Waals surface area contributed by atoms with E-state index < -0.39 is 5.97 Å². The van der Waals surface area contributed by atoms with Gasteiger partial charge in [0.25, 0.3) is 5.91 Å². The van der Waals surface area contributed by atoms with Gasteiger partial charge in [0.15, 0.2) is 6.61 Å². The standard InChI is InChI=1S/C24H24N2O3/c1-18-12-13-20(16-25-18)15-24(28)29-17-23(27)26-22(21-10-6-3-7-11-21)14-19-8-4-2-5-9-19/h2-13,16,22H,14-15,17H2,1H3,(H,26,27). The summed E-state index contributed by atoms with van der Waals surface area (Å²) in [4.78, 5) is 28.6. The van der Waals surface area contributed by atoms with Crippen LogP contribution < -0.4 is 5.32 Å². The first-order valence-corrected chi connectivity index (χ1v) is 9.55. The minimum absolute atomic E-state index is 0.0900. The molecule has 148 valence electrons. The van der Waals surface area contributed by atoms with Gasteiger partial charge in [-0.1, -0.05) is 66.7 Å². The second-order valence-corrected chi connectivity index (χ2v) is 6.87. The van der Waals surface area contributed by atoms with Crippen molar-refractivity contribution in [3.05, 3.63) is 101 Å². The summed E-state index contributed by atoms with van der Waals surface area (Å²) in [6.07, 6.45) is 2.38. The smallest absolute Gasteiger partial charge is 0.310 e. The number of amides is 1. The normalized spacial score (nSPS) is 11.5. The van der Waals surface area contributed by atoms with Gasteiger partial charge in [0, 0.05) is 11.9 Å². The highest BCUT2D eigenvalue weighted by atomic mass is 16.5. The number of carbonyl (C=O) groups is 2. The zero-order valence-electron chi connectivity index (χ0n) is 16.4. The van der Waals surface area contributed by atoms with Gasteiger partial charge in [-0.25, -0.2) is 0 Å². The molecule has 5 nitrogen and oxygen atoms in total. The fourth-order valence-electron chi connectivity index (χ4n) is 2.99. The molecule has 2 aromatic carbocycles. The van der Waals surface area contributed by atoms with Crippen molar-refractivity contribution in [3.63, 3.8) is 0 Å². The van der Waals surface area contributed by atoms with Crippen molar-refractivity contribution in [2.75, 3.05) is 6.61 Å². The fourth-order valence-corrected chi connectivity index (χ4v) is 2.99. The molecule has 1 atom stereocenters. The Bertz CT molecular complexity index is 925. The molecule has 1 N–H and O–H groups in total. The van der Waals surface area contributed by atoms with E-state index in [4.69, 9.17) is 4.74 Å². The summed E-state index contributed by atoms with van der Waals surface area (Å²) in [6, 6.07) is 23.2. The zero-order valence-corrected chi connectivity index (χ0v) is 16.4. The number of ether oxygens (including phenoxy) is 1. The number of carbonyl (C=O) groups excluding carboxylic acids is 2. The first-order chi connectivity index (χ1) is 14.1. The number of nitrogens with one attached hydrogen (secondary N) is 1. The van der Waals surface area contributed by atoms with Crippen molar-refractivity contribution in [2.45, 2.75) is 25.8 Å². The number of benzene rings is 2. The summed E-state index contributed by atoms with van der Waals surface area (Å²) in [7, 11) is 0. The van der Waals surface area contributed by atoms with Crippen LogP contribution in [0.4, 0.5) is 0 Å². The maximum atomic E-state index is 12.4. The third-order valence-corrected chi connectivity index (χ3v) is 4.51. The van der Waals surface area contributed by atoms with Crippen LogP contribution in [0.15, 0.2) is 79.0 Å². The maximum absolute atomic E-state index is 12.4. The number of aryl methyl sites for hydroxylation is 1. The molecule has 3 rings (SSSR count). The molecule has 0 saturated carbocycles. The molecule has 0 saturated heterocycles. The first kappa shape index (κ1) is 20.3. The van der Waals surface area contributed by atoms with Crippen molar-refractivity contribution in [3.8, 4) is 0 Å². The van der Waals surface area contributed by atoms with Crippen molar-refractivity contribution >= 4 is 11.9 Å². The van der Waals surface area contributed by atoms with Gasteiger partial charge in [-0.15, -0.1) is 0 Å². The van der Waals surface area contributed by atoms with Gasteiger partial charge < -0.3 is 10.1 Å². The SMILES string of the molecule is Cc1ccc(CC(=O)OCC(=O)NC(Cc2ccccc2)c2ccccc2)cn1. The Labute approximate surface area is 170 Å². The minimum atomic E-state index is -0.454. The van der Waals surface area contributed by atoms with Gasteiger partial charge in [-0.05, 0) is 36.1 Å². The molecule has 0 spiro atoms. The molecule has 0 fully saturated rings. The minimum Gasteiger partial charge on any atom is -0.455 e. The molecule has 3 aromatic rings. The van der Waals surface area contributed by atoms with Crippen LogP contribution in [0, 0.1) is 6.92 Å². The molecule has 0 aliphatic rings. The average molecular weight is 388 g/mol. The van der Waals surface area contributed by atoms with Crippen LogP contribution >= 0.6 is 0 Å². The van der Waals surface area contributed by atoms with Gasteiger partial charge in [-0.3, -0.25) is 14.6 Å². The Morgan fingerprint density at radius 3 is 2.28 bits per heavy atom. The van der Waals surface area contributed by atoms with E-state index in [1.165, 1.54) is 0 Å². The predicted octanol–water partition coefficient (Wildman–Crippen LogP) is 3.58. The van der Waals surface area contributed by atoms with Crippen LogP contribution in [0.25, 0.3) is 0 Å². The molecule has 0 bridgehead atoms. The van der Waals surface area contributed by atoms with Crippen molar-refractivity contribution < 1.29 is 14.3 Å². The Hall–Kier alpha value is -3.47. The van der Waals surface area contributed by atoms with Gasteiger partial charge in [0.2, 0.25) is 0 Å². The molecule has 0 radical (unpaired) electrons. The van der Waals surface area contributed by atoms with Crippen molar-refractivity contribution in [1.29, 1.82) is 0 Å². The summed E-state index contributed by atoms with van der Waals surface area (Å²) < 4.78 is 5.15. The second kappa shape index (κ2) is 10.2. The average Bonchev–Trinajstić information content (AvgIpc) is 2.75. The lowest BCUT2D eigenvalue weighted by Gasteiger charge is -2.19. The van der Waals surface area contributed by atoms with Gasteiger partial charge in [-0.2, -0.15) is 0 Å². The highest BCUT2D eigenvalue weighted by molar-refractivity contribution is 5.81. The molecule has 5 heteroatoms. The monoisotopic (exact) mass is 388 g/mol. The molecule has 1 amide bonds. The van der Waals surface area contributed by atoms with E-state index in [9.17, 15) is 9.59 Å². The lowest BCUT2D eigenvalue weighted by molar-refractivity contribution is -0.148. The summed E-state index contributed by atoms with van der Waals surface area (Å²) in [5.41, 5.74) is 3.76. The van der Waals surface area contributed by atoms with E-state index in [0.717, 1.165) is 22.4 Å².